The van der Waals surface area contributed by atoms with E-state index in [0.29, 0.717) is 18.1 Å². The smallest absolute Gasteiger partial charge is 0.263 e. The molecular weight excluding hydrogens is 354 g/mol. The lowest BCUT2D eigenvalue weighted by molar-refractivity contribution is 0.635. The molecule has 0 bridgehead atoms. The molecule has 4 aromatic heterocycles. The Morgan fingerprint density at radius 1 is 1.28 bits per heavy atom. The largest absolute Gasteiger partial charge is 0.291 e. The average Bonchev–Trinajstić information content (AvgIpc) is 3.14. The second kappa shape index (κ2) is 6.27. The molecule has 6 nitrogen and oxygen atoms in total. The van der Waals surface area contributed by atoms with Crippen molar-refractivity contribution in [1.29, 1.82) is 0 Å². The minimum atomic E-state index is 0.0496. The zero-order valence-corrected chi connectivity index (χ0v) is 15.8. The highest BCUT2D eigenvalue weighted by molar-refractivity contribution is 7.98. The van der Waals surface area contributed by atoms with Crippen molar-refractivity contribution < 1.29 is 0 Å². The molecule has 0 aliphatic carbocycles. The van der Waals surface area contributed by atoms with Gasteiger partial charge in [0.05, 0.1) is 11.1 Å². The lowest BCUT2D eigenvalue weighted by Crippen LogP contribution is -2.22. The molecule has 4 rings (SSSR count). The first-order chi connectivity index (χ1) is 12.1. The van der Waals surface area contributed by atoms with Gasteiger partial charge in [0.1, 0.15) is 4.83 Å². The zero-order valence-electron chi connectivity index (χ0n) is 14.2. The standard InChI is InChI=1S/C17H17N5OS2/c1-4-22-15(23)13-10(2)11(3)25-14(13)20-17(22)24-9-12-8-21-7-5-6-18-16(21)19-12/h5-8H,4,9H2,1-3H3. The van der Waals surface area contributed by atoms with Crippen molar-refractivity contribution in [3.63, 3.8) is 0 Å². The van der Waals surface area contributed by atoms with Crippen LogP contribution in [0.25, 0.3) is 16.0 Å². The summed E-state index contributed by atoms with van der Waals surface area (Å²) in [7, 11) is 0. The Morgan fingerprint density at radius 2 is 2.12 bits per heavy atom. The summed E-state index contributed by atoms with van der Waals surface area (Å²) in [6, 6.07) is 1.87. The van der Waals surface area contributed by atoms with Crippen LogP contribution in [0.15, 0.2) is 34.6 Å². The van der Waals surface area contributed by atoms with Gasteiger partial charge in [0.15, 0.2) is 5.16 Å². The number of hydrogen-bond donors (Lipinski definition) is 0. The Bertz CT molecular complexity index is 1110. The molecule has 25 heavy (non-hydrogen) atoms. The van der Waals surface area contributed by atoms with E-state index in [1.54, 1.807) is 22.1 Å². The van der Waals surface area contributed by atoms with E-state index in [1.807, 2.05) is 43.6 Å². The number of nitrogens with zero attached hydrogens (tertiary/aromatic N) is 5. The first-order valence-electron chi connectivity index (χ1n) is 8.00. The molecule has 0 saturated heterocycles. The third-order valence-electron chi connectivity index (χ3n) is 4.20. The van der Waals surface area contributed by atoms with E-state index in [9.17, 15) is 4.79 Å². The van der Waals surface area contributed by atoms with Gasteiger partial charge >= 0.3 is 0 Å². The van der Waals surface area contributed by atoms with Crippen LogP contribution in [-0.2, 0) is 12.3 Å². The fraction of sp³-hybridized carbons (Fsp3) is 0.294. The fourth-order valence-electron chi connectivity index (χ4n) is 2.79. The second-order valence-corrected chi connectivity index (χ2v) is 7.90. The SMILES string of the molecule is CCn1c(SCc2cn3cccnc3n2)nc2sc(C)c(C)c2c1=O. The molecule has 4 aromatic rings. The predicted octanol–water partition coefficient (Wildman–Crippen LogP) is 3.43. The highest BCUT2D eigenvalue weighted by Gasteiger charge is 2.16. The van der Waals surface area contributed by atoms with Gasteiger partial charge in [-0.25, -0.2) is 15.0 Å². The quantitative estimate of drug-likeness (QED) is 0.406. The topological polar surface area (TPSA) is 65.1 Å². The maximum atomic E-state index is 12.9. The number of fused-ring (bicyclic) bond motifs is 2. The maximum absolute atomic E-state index is 12.9. The molecule has 0 aromatic carbocycles. The third kappa shape index (κ3) is 2.75. The Kier molecular flexibility index (Phi) is 4.09. The van der Waals surface area contributed by atoms with Crippen molar-refractivity contribution in [1.82, 2.24) is 23.9 Å². The molecule has 0 aliphatic rings. The van der Waals surface area contributed by atoms with Gasteiger partial charge in [0.25, 0.3) is 5.56 Å². The summed E-state index contributed by atoms with van der Waals surface area (Å²) < 4.78 is 3.64. The van der Waals surface area contributed by atoms with Crippen LogP contribution < -0.4 is 5.56 Å². The van der Waals surface area contributed by atoms with E-state index in [2.05, 4.69) is 9.97 Å². The van der Waals surface area contributed by atoms with Gasteiger partial charge in [-0.1, -0.05) is 11.8 Å². The normalized spacial score (nSPS) is 11.6. The molecule has 4 heterocycles. The minimum Gasteiger partial charge on any atom is -0.291 e. The van der Waals surface area contributed by atoms with Crippen molar-refractivity contribution in [2.75, 3.05) is 0 Å². The fourth-order valence-corrected chi connectivity index (χ4v) is 4.80. The maximum Gasteiger partial charge on any atom is 0.263 e. The molecule has 0 aliphatic heterocycles. The molecule has 0 atom stereocenters. The van der Waals surface area contributed by atoms with Crippen LogP contribution in [0.3, 0.4) is 0 Å². The van der Waals surface area contributed by atoms with Crippen molar-refractivity contribution in [2.45, 2.75) is 38.2 Å². The summed E-state index contributed by atoms with van der Waals surface area (Å²) in [5, 5.41) is 1.50. The average molecular weight is 371 g/mol. The van der Waals surface area contributed by atoms with Crippen LogP contribution in [-0.4, -0.2) is 23.9 Å². The van der Waals surface area contributed by atoms with Crippen molar-refractivity contribution >= 4 is 39.1 Å². The van der Waals surface area contributed by atoms with Gasteiger partial charge < -0.3 is 0 Å². The number of thiophene rings is 1. The molecule has 128 valence electrons. The summed E-state index contributed by atoms with van der Waals surface area (Å²) in [5.74, 6) is 1.32. The first-order valence-corrected chi connectivity index (χ1v) is 9.80. The van der Waals surface area contributed by atoms with E-state index >= 15 is 0 Å². The Hall–Kier alpha value is -2.19. The molecular formula is C17H17N5OS2. The van der Waals surface area contributed by atoms with Crippen LogP contribution >= 0.6 is 23.1 Å². The first kappa shape index (κ1) is 16.3. The highest BCUT2D eigenvalue weighted by atomic mass is 32.2. The van der Waals surface area contributed by atoms with E-state index < -0.39 is 0 Å². The summed E-state index contributed by atoms with van der Waals surface area (Å²) in [6.45, 7) is 6.61. The molecule has 0 unspecified atom stereocenters. The molecule has 0 radical (unpaired) electrons. The van der Waals surface area contributed by atoms with E-state index in [4.69, 9.17) is 4.98 Å². The van der Waals surface area contributed by atoms with Gasteiger partial charge in [-0.15, -0.1) is 11.3 Å². The van der Waals surface area contributed by atoms with E-state index in [-0.39, 0.29) is 5.56 Å². The van der Waals surface area contributed by atoms with Gasteiger partial charge in [-0.2, -0.15) is 0 Å². The number of aryl methyl sites for hydroxylation is 2. The van der Waals surface area contributed by atoms with Crippen LogP contribution in [0, 0.1) is 13.8 Å². The summed E-state index contributed by atoms with van der Waals surface area (Å²) in [6.07, 6.45) is 5.61. The van der Waals surface area contributed by atoms with Gasteiger partial charge in [0, 0.05) is 35.8 Å². The van der Waals surface area contributed by atoms with Gasteiger partial charge in [0.2, 0.25) is 5.78 Å². The number of rotatable bonds is 4. The van der Waals surface area contributed by atoms with Crippen LogP contribution in [0.4, 0.5) is 0 Å². The molecule has 0 amide bonds. The summed E-state index contributed by atoms with van der Waals surface area (Å²) in [4.78, 5) is 28.3. The number of thioether (sulfide) groups is 1. The lowest BCUT2D eigenvalue weighted by Gasteiger charge is -2.09. The molecule has 0 N–H and O–H groups in total. The van der Waals surface area contributed by atoms with Crippen molar-refractivity contribution in [3.8, 4) is 0 Å². The minimum absolute atomic E-state index is 0.0496. The zero-order chi connectivity index (χ0) is 17.6. The molecule has 8 heteroatoms. The van der Waals surface area contributed by atoms with Gasteiger partial charge in [-0.3, -0.25) is 13.8 Å². The monoisotopic (exact) mass is 371 g/mol. The second-order valence-electron chi connectivity index (χ2n) is 5.76. The van der Waals surface area contributed by atoms with Crippen LogP contribution in [0.2, 0.25) is 0 Å². The van der Waals surface area contributed by atoms with Crippen LogP contribution in [0.5, 0.6) is 0 Å². The Labute approximate surface area is 152 Å². The molecule has 0 fully saturated rings. The molecule has 0 saturated carbocycles. The van der Waals surface area contributed by atoms with Gasteiger partial charge in [-0.05, 0) is 32.4 Å². The lowest BCUT2D eigenvalue weighted by atomic mass is 10.2. The summed E-state index contributed by atoms with van der Waals surface area (Å²) in [5.41, 5.74) is 2.01. The van der Waals surface area contributed by atoms with Crippen molar-refractivity contribution in [3.05, 3.63) is 51.1 Å². The Morgan fingerprint density at radius 3 is 2.88 bits per heavy atom. The molecule has 0 spiro atoms. The number of aromatic nitrogens is 5. The Balaban J connectivity index is 1.72. The number of imidazole rings is 1. The third-order valence-corrected chi connectivity index (χ3v) is 6.32. The number of hydrogen-bond acceptors (Lipinski definition) is 6. The highest BCUT2D eigenvalue weighted by Crippen LogP contribution is 2.29. The van der Waals surface area contributed by atoms with Crippen LogP contribution in [0.1, 0.15) is 23.1 Å². The predicted molar refractivity (Wildman–Crippen MR) is 102 cm³/mol. The van der Waals surface area contributed by atoms with E-state index in [0.717, 1.165) is 31.5 Å². The van der Waals surface area contributed by atoms with E-state index in [1.165, 1.54) is 11.8 Å². The van der Waals surface area contributed by atoms with Crippen molar-refractivity contribution in [2.24, 2.45) is 0 Å². The summed E-state index contributed by atoms with van der Waals surface area (Å²) >= 11 is 3.12.